The zero-order valence-electron chi connectivity index (χ0n) is 17.7. The minimum absolute atomic E-state index is 0. The Balaban J connectivity index is 0.00000363. The van der Waals surface area contributed by atoms with Crippen LogP contribution in [0.5, 0.6) is 11.5 Å². The summed E-state index contributed by atoms with van der Waals surface area (Å²) in [6.07, 6.45) is 1.58. The fourth-order valence-corrected chi connectivity index (χ4v) is 2.80. The van der Waals surface area contributed by atoms with Crippen molar-refractivity contribution >= 4 is 29.9 Å². The van der Waals surface area contributed by atoms with Gasteiger partial charge in [0, 0.05) is 17.7 Å². The molecule has 3 aromatic rings. The van der Waals surface area contributed by atoms with E-state index in [4.69, 9.17) is 9.15 Å². The summed E-state index contributed by atoms with van der Waals surface area (Å²) in [5, 5.41) is 6.27. The Bertz CT molecular complexity index is 1000. The quantitative estimate of drug-likeness (QED) is 0.223. The third-order valence-corrected chi connectivity index (χ3v) is 4.24. The highest BCUT2D eigenvalue weighted by atomic mass is 127. The van der Waals surface area contributed by atoms with Crippen molar-refractivity contribution in [3.63, 3.8) is 0 Å². The van der Waals surface area contributed by atoms with Gasteiger partial charge in [0.15, 0.2) is 5.96 Å². The predicted molar refractivity (Wildman–Crippen MR) is 129 cm³/mol. The summed E-state index contributed by atoms with van der Waals surface area (Å²) in [6.45, 7) is 0.118. The lowest BCUT2D eigenvalue weighted by molar-refractivity contribution is -0.0504. The number of nitrogens with one attached hydrogen (secondary N) is 2. The summed E-state index contributed by atoms with van der Waals surface area (Å²) in [5.74, 6) is 1.61. The number of benzene rings is 2. The Morgan fingerprint density at radius 1 is 1.16 bits per heavy atom. The molecule has 3 rings (SSSR count). The van der Waals surface area contributed by atoms with E-state index in [1.165, 1.54) is 13.2 Å². The van der Waals surface area contributed by atoms with Crippen LogP contribution in [0.1, 0.15) is 18.2 Å². The highest BCUT2D eigenvalue weighted by Gasteiger charge is 2.12. The maximum atomic E-state index is 12.7. The molecule has 32 heavy (non-hydrogen) atoms. The molecule has 0 atom stereocenters. The van der Waals surface area contributed by atoms with Gasteiger partial charge < -0.3 is 24.5 Å². The zero-order chi connectivity index (χ0) is 22.1. The first-order valence-corrected chi connectivity index (χ1v) is 9.72. The van der Waals surface area contributed by atoms with Gasteiger partial charge >= 0.3 is 6.61 Å². The van der Waals surface area contributed by atoms with E-state index in [2.05, 4.69) is 25.3 Å². The molecule has 10 heteroatoms. The van der Waals surface area contributed by atoms with Crippen molar-refractivity contribution in [3.8, 4) is 23.0 Å². The molecule has 0 aliphatic carbocycles. The van der Waals surface area contributed by atoms with Gasteiger partial charge in [0.05, 0.1) is 25.9 Å². The molecule has 0 radical (unpaired) electrons. The van der Waals surface area contributed by atoms with Crippen LogP contribution >= 0.6 is 24.0 Å². The molecule has 0 aliphatic rings. The number of halogens is 3. The molecule has 172 valence electrons. The highest BCUT2D eigenvalue weighted by molar-refractivity contribution is 14.0. The van der Waals surface area contributed by atoms with Gasteiger partial charge in [0.25, 0.3) is 0 Å². The van der Waals surface area contributed by atoms with Crippen LogP contribution < -0.4 is 20.1 Å². The van der Waals surface area contributed by atoms with Crippen molar-refractivity contribution in [3.05, 3.63) is 66.1 Å². The van der Waals surface area contributed by atoms with Crippen molar-refractivity contribution in [2.24, 2.45) is 4.99 Å². The second-order valence-corrected chi connectivity index (χ2v) is 6.41. The SMILES string of the molecule is CCNC(=NCc1cc(OC)ccc1OC(F)F)NCc1coc(-c2ccccc2)n1.I. The minimum atomic E-state index is -2.92. The van der Waals surface area contributed by atoms with Gasteiger partial charge in [-0.15, -0.1) is 24.0 Å². The van der Waals surface area contributed by atoms with Crippen LogP contribution in [0.3, 0.4) is 0 Å². The molecule has 1 heterocycles. The molecule has 0 amide bonds. The minimum Gasteiger partial charge on any atom is -0.497 e. The lowest BCUT2D eigenvalue weighted by atomic mass is 10.2. The van der Waals surface area contributed by atoms with Crippen molar-refractivity contribution in [1.82, 2.24) is 15.6 Å². The zero-order valence-corrected chi connectivity index (χ0v) is 20.0. The second kappa shape index (κ2) is 12.8. The van der Waals surface area contributed by atoms with Crippen LogP contribution in [0.15, 0.2) is 64.2 Å². The average Bonchev–Trinajstić information content (AvgIpc) is 3.26. The van der Waals surface area contributed by atoms with E-state index in [0.29, 0.717) is 41.9 Å². The number of oxazole rings is 1. The Morgan fingerprint density at radius 2 is 1.94 bits per heavy atom. The number of methoxy groups -OCH3 is 1. The molecule has 1 aromatic heterocycles. The summed E-state index contributed by atoms with van der Waals surface area (Å²) >= 11 is 0. The van der Waals surface area contributed by atoms with Gasteiger partial charge in [-0.3, -0.25) is 0 Å². The molecule has 0 aliphatic heterocycles. The average molecular weight is 558 g/mol. The van der Waals surface area contributed by atoms with Gasteiger partial charge in [-0.1, -0.05) is 18.2 Å². The molecule has 2 aromatic carbocycles. The van der Waals surface area contributed by atoms with E-state index < -0.39 is 6.61 Å². The Kier molecular flexibility index (Phi) is 10.2. The summed E-state index contributed by atoms with van der Waals surface area (Å²) in [6, 6.07) is 14.2. The smallest absolute Gasteiger partial charge is 0.387 e. The van der Waals surface area contributed by atoms with Crippen LogP contribution in [-0.2, 0) is 13.1 Å². The third kappa shape index (κ3) is 7.36. The van der Waals surface area contributed by atoms with Gasteiger partial charge in [-0.2, -0.15) is 8.78 Å². The summed E-state index contributed by atoms with van der Waals surface area (Å²) in [4.78, 5) is 8.93. The molecule has 2 N–H and O–H groups in total. The molecular formula is C22H25F2IN4O3. The van der Waals surface area contributed by atoms with Gasteiger partial charge in [0.1, 0.15) is 17.8 Å². The maximum Gasteiger partial charge on any atom is 0.387 e. The van der Waals surface area contributed by atoms with E-state index in [-0.39, 0.29) is 36.3 Å². The van der Waals surface area contributed by atoms with Crippen LogP contribution in [0, 0.1) is 0 Å². The maximum absolute atomic E-state index is 12.7. The van der Waals surface area contributed by atoms with Crippen molar-refractivity contribution in [1.29, 1.82) is 0 Å². The van der Waals surface area contributed by atoms with Crippen molar-refractivity contribution in [2.45, 2.75) is 26.6 Å². The largest absolute Gasteiger partial charge is 0.497 e. The lowest BCUT2D eigenvalue weighted by Gasteiger charge is -2.13. The molecular weight excluding hydrogens is 533 g/mol. The summed E-state index contributed by atoms with van der Waals surface area (Å²) < 4.78 is 40.7. The molecule has 0 bridgehead atoms. The van der Waals surface area contributed by atoms with Gasteiger partial charge in [-0.25, -0.2) is 9.98 Å². The van der Waals surface area contributed by atoms with Crippen LogP contribution in [-0.4, -0.2) is 31.2 Å². The first-order valence-electron chi connectivity index (χ1n) is 9.72. The molecule has 0 saturated carbocycles. The molecule has 7 nitrogen and oxygen atoms in total. The van der Waals surface area contributed by atoms with E-state index in [0.717, 1.165) is 5.56 Å². The third-order valence-electron chi connectivity index (χ3n) is 4.24. The Morgan fingerprint density at radius 3 is 2.62 bits per heavy atom. The van der Waals surface area contributed by atoms with Crippen LogP contribution in [0.25, 0.3) is 11.5 Å². The molecule has 0 saturated heterocycles. The normalized spacial score (nSPS) is 11.1. The summed E-state index contributed by atoms with van der Waals surface area (Å²) in [7, 11) is 1.50. The van der Waals surface area contributed by atoms with E-state index >= 15 is 0 Å². The highest BCUT2D eigenvalue weighted by Crippen LogP contribution is 2.26. The number of alkyl halides is 2. The second-order valence-electron chi connectivity index (χ2n) is 6.41. The topological polar surface area (TPSA) is 80.9 Å². The standard InChI is InChI=1S/C22H24F2N4O3.HI/c1-3-25-22(26-12-16-11-18(29-2)9-10-19(16)31-21(23)24)27-13-17-14-30-20(28-17)15-7-5-4-6-8-15;/h4-11,14,21H,3,12-13H2,1-2H3,(H2,25,26,27);1H. The number of guanidine groups is 1. The number of aromatic nitrogens is 1. The molecule has 0 fully saturated rings. The molecule has 0 unspecified atom stereocenters. The predicted octanol–water partition coefficient (Wildman–Crippen LogP) is 4.82. The Labute approximate surface area is 202 Å². The van der Waals surface area contributed by atoms with E-state index in [9.17, 15) is 8.78 Å². The Hall–Kier alpha value is -2.89. The van der Waals surface area contributed by atoms with Crippen LogP contribution in [0.4, 0.5) is 8.78 Å². The van der Waals surface area contributed by atoms with Gasteiger partial charge in [0.2, 0.25) is 5.89 Å². The first-order chi connectivity index (χ1) is 15.1. The van der Waals surface area contributed by atoms with Crippen LogP contribution in [0.2, 0.25) is 0 Å². The van der Waals surface area contributed by atoms with Crippen molar-refractivity contribution < 1.29 is 22.7 Å². The number of ether oxygens (including phenoxy) is 2. The fourth-order valence-electron chi connectivity index (χ4n) is 2.80. The number of aliphatic imine (C=N–C) groups is 1. The monoisotopic (exact) mass is 558 g/mol. The number of hydrogen-bond acceptors (Lipinski definition) is 5. The number of rotatable bonds is 9. The fraction of sp³-hybridized carbons (Fsp3) is 0.273. The van der Waals surface area contributed by atoms with E-state index in [1.54, 1.807) is 18.4 Å². The van der Waals surface area contributed by atoms with E-state index in [1.807, 2.05) is 37.3 Å². The van der Waals surface area contributed by atoms with Gasteiger partial charge in [-0.05, 0) is 37.3 Å². The molecule has 0 spiro atoms. The number of nitrogens with zero attached hydrogens (tertiary/aromatic N) is 2. The first kappa shape index (κ1) is 25.4. The summed E-state index contributed by atoms with van der Waals surface area (Å²) in [5.41, 5.74) is 2.07. The van der Waals surface area contributed by atoms with Crippen molar-refractivity contribution in [2.75, 3.05) is 13.7 Å². The lowest BCUT2D eigenvalue weighted by Crippen LogP contribution is -2.36. The number of hydrogen-bond donors (Lipinski definition) is 2.